The molecular formula is C27H28Cl2N2O6. The Morgan fingerprint density at radius 2 is 1.49 bits per heavy atom. The molecule has 0 aromatic heterocycles. The molecule has 0 spiro atoms. The topological polar surface area (TPSA) is 114 Å². The van der Waals surface area contributed by atoms with E-state index in [1.807, 2.05) is 30.3 Å². The predicted octanol–water partition coefficient (Wildman–Crippen LogP) is 3.67. The van der Waals surface area contributed by atoms with Crippen molar-refractivity contribution in [3.63, 3.8) is 0 Å². The van der Waals surface area contributed by atoms with E-state index in [0.29, 0.717) is 24.1 Å². The zero-order valence-corrected chi connectivity index (χ0v) is 22.0. The smallest absolute Gasteiger partial charge is 0.336 e. The lowest BCUT2D eigenvalue weighted by Crippen LogP contribution is -2.36. The van der Waals surface area contributed by atoms with Crippen molar-refractivity contribution < 1.29 is 29.0 Å². The molecule has 37 heavy (non-hydrogen) atoms. The van der Waals surface area contributed by atoms with Crippen molar-refractivity contribution in [2.45, 2.75) is 25.2 Å². The molecule has 1 unspecified atom stereocenters. The first kappa shape index (κ1) is 28.2. The van der Waals surface area contributed by atoms with Gasteiger partial charge in [-0.15, -0.1) is 0 Å². The molecule has 2 aromatic rings. The first-order valence-electron chi connectivity index (χ1n) is 11.6. The second-order valence-electron chi connectivity index (χ2n) is 8.20. The van der Waals surface area contributed by atoms with Gasteiger partial charge in [0, 0.05) is 33.5 Å². The number of allylic oxidation sites excluding steroid dienone is 1. The zero-order valence-electron chi connectivity index (χ0n) is 20.5. The minimum atomic E-state index is -1.06. The Bertz CT molecular complexity index is 1210. The third-order valence-electron chi connectivity index (χ3n) is 5.91. The van der Waals surface area contributed by atoms with E-state index in [2.05, 4.69) is 10.6 Å². The summed E-state index contributed by atoms with van der Waals surface area (Å²) in [6.07, 6.45) is 0.680. The largest absolute Gasteiger partial charge is 0.466 e. The van der Waals surface area contributed by atoms with Crippen LogP contribution < -0.4 is 10.6 Å². The van der Waals surface area contributed by atoms with Crippen molar-refractivity contribution in [2.75, 3.05) is 27.4 Å². The lowest BCUT2D eigenvalue weighted by Gasteiger charge is -2.33. The van der Waals surface area contributed by atoms with Gasteiger partial charge in [0.05, 0.1) is 44.3 Å². The zero-order chi connectivity index (χ0) is 26.9. The average Bonchev–Trinajstić information content (AvgIpc) is 2.90. The third-order valence-corrected chi connectivity index (χ3v) is 6.57. The molecule has 1 aliphatic heterocycles. The number of dihydropyridines is 1. The number of amides is 1. The fourth-order valence-electron chi connectivity index (χ4n) is 4.26. The van der Waals surface area contributed by atoms with Crippen LogP contribution in [-0.2, 0) is 30.3 Å². The lowest BCUT2D eigenvalue weighted by atomic mass is 9.78. The Morgan fingerprint density at radius 3 is 2.05 bits per heavy atom. The molecule has 1 atom stereocenters. The second-order valence-corrected chi connectivity index (χ2v) is 9.01. The predicted molar refractivity (Wildman–Crippen MR) is 140 cm³/mol. The summed E-state index contributed by atoms with van der Waals surface area (Å²) >= 11 is 13.1. The van der Waals surface area contributed by atoms with E-state index < -0.39 is 23.8 Å². The summed E-state index contributed by atoms with van der Waals surface area (Å²) in [6, 6.07) is 14.5. The summed E-state index contributed by atoms with van der Waals surface area (Å²) in [5.41, 5.74) is 2.21. The fraction of sp³-hybridized carbons (Fsp3) is 0.296. The van der Waals surface area contributed by atoms with Crippen molar-refractivity contribution in [3.8, 4) is 0 Å². The van der Waals surface area contributed by atoms with Crippen LogP contribution in [0.2, 0.25) is 10.0 Å². The molecule has 3 rings (SSSR count). The van der Waals surface area contributed by atoms with Gasteiger partial charge in [-0.25, -0.2) is 9.59 Å². The number of nitrogens with one attached hydrogen (secondary N) is 2. The molecule has 0 aliphatic carbocycles. The molecule has 1 amide bonds. The quantitative estimate of drug-likeness (QED) is 0.389. The highest BCUT2D eigenvalue weighted by Crippen LogP contribution is 2.45. The minimum absolute atomic E-state index is 0.0144. The summed E-state index contributed by atoms with van der Waals surface area (Å²) in [5, 5.41) is 15.3. The first-order chi connectivity index (χ1) is 17.8. The number of hydrogen-bond acceptors (Lipinski definition) is 7. The Balaban J connectivity index is 2.23. The molecule has 0 radical (unpaired) electrons. The summed E-state index contributed by atoms with van der Waals surface area (Å²) in [4.78, 5) is 39.1. The van der Waals surface area contributed by atoms with Crippen molar-refractivity contribution in [1.82, 2.24) is 10.6 Å². The molecule has 10 heteroatoms. The van der Waals surface area contributed by atoms with E-state index in [9.17, 15) is 14.4 Å². The number of rotatable bonds is 10. The minimum Gasteiger partial charge on any atom is -0.466 e. The normalized spacial score (nSPS) is 15.2. The standard InChI is InChI=1S/C27H28Cl2N2O6/c1-36-26(34)23-19(12-11-16-7-4-3-5-8-16)31-20(15-21(33)30-13-14-32)24(27(35)37-2)25(23)22-17(28)9-6-10-18(22)29/h3-10,25,31-32H,11-15H2,1-2H3,(H,30,33). The number of ether oxygens (including phenoxy) is 2. The van der Waals surface area contributed by atoms with Crippen LogP contribution in [0.15, 0.2) is 71.1 Å². The Hall–Kier alpha value is -3.33. The maximum atomic E-state index is 13.2. The molecular weight excluding hydrogens is 519 g/mol. The number of benzene rings is 2. The monoisotopic (exact) mass is 546 g/mol. The van der Waals surface area contributed by atoms with E-state index in [1.165, 1.54) is 14.2 Å². The Labute approximate surface area is 225 Å². The fourth-order valence-corrected chi connectivity index (χ4v) is 4.87. The molecule has 196 valence electrons. The highest BCUT2D eigenvalue weighted by molar-refractivity contribution is 6.36. The number of aliphatic hydroxyl groups is 1. The molecule has 8 nitrogen and oxygen atoms in total. The van der Waals surface area contributed by atoms with Crippen LogP contribution in [0.4, 0.5) is 0 Å². The van der Waals surface area contributed by atoms with Crippen molar-refractivity contribution in [1.29, 1.82) is 0 Å². The second kappa shape index (κ2) is 13.3. The maximum absolute atomic E-state index is 13.2. The van der Waals surface area contributed by atoms with E-state index in [-0.39, 0.29) is 46.5 Å². The van der Waals surface area contributed by atoms with Gasteiger partial charge in [0.1, 0.15) is 0 Å². The van der Waals surface area contributed by atoms with Gasteiger partial charge in [-0.3, -0.25) is 4.79 Å². The van der Waals surface area contributed by atoms with E-state index in [0.717, 1.165) is 5.56 Å². The summed E-state index contributed by atoms with van der Waals surface area (Å²) in [6.45, 7) is -0.196. The van der Waals surface area contributed by atoms with Gasteiger partial charge in [0.15, 0.2) is 0 Å². The summed E-state index contributed by atoms with van der Waals surface area (Å²) in [5.74, 6) is -2.94. The summed E-state index contributed by atoms with van der Waals surface area (Å²) in [7, 11) is 2.45. The van der Waals surface area contributed by atoms with Gasteiger partial charge < -0.3 is 25.2 Å². The highest BCUT2D eigenvalue weighted by atomic mass is 35.5. The highest BCUT2D eigenvalue weighted by Gasteiger charge is 2.41. The van der Waals surface area contributed by atoms with Gasteiger partial charge in [0.25, 0.3) is 0 Å². The molecule has 0 fully saturated rings. The SMILES string of the molecule is COC(=O)C1=C(CCc2ccccc2)NC(CC(=O)NCCO)=C(C(=O)OC)C1c1c(Cl)cccc1Cl. The number of aryl methyl sites for hydroxylation is 1. The van der Waals surface area contributed by atoms with E-state index >= 15 is 0 Å². The maximum Gasteiger partial charge on any atom is 0.336 e. The number of aliphatic hydroxyl groups excluding tert-OH is 1. The van der Waals surface area contributed by atoms with Crippen molar-refractivity contribution in [3.05, 3.63) is 92.2 Å². The molecule has 1 heterocycles. The molecule has 0 bridgehead atoms. The number of esters is 2. The molecule has 0 saturated carbocycles. The van der Waals surface area contributed by atoms with Crippen LogP contribution in [-0.4, -0.2) is 50.3 Å². The molecule has 2 aromatic carbocycles. The number of carbonyl (C=O) groups is 3. The van der Waals surface area contributed by atoms with Crippen LogP contribution in [0.1, 0.15) is 29.9 Å². The number of carbonyl (C=O) groups excluding carboxylic acids is 3. The van der Waals surface area contributed by atoms with Crippen LogP contribution in [0.5, 0.6) is 0 Å². The van der Waals surface area contributed by atoms with Crippen molar-refractivity contribution in [2.24, 2.45) is 0 Å². The first-order valence-corrected chi connectivity index (χ1v) is 12.3. The van der Waals surface area contributed by atoms with Gasteiger partial charge >= 0.3 is 11.9 Å². The van der Waals surface area contributed by atoms with Crippen LogP contribution in [0, 0.1) is 0 Å². The van der Waals surface area contributed by atoms with Crippen molar-refractivity contribution >= 4 is 41.0 Å². The van der Waals surface area contributed by atoms with Gasteiger partial charge in [-0.2, -0.15) is 0 Å². The Kier molecular flexibility index (Phi) is 10.1. The average molecular weight is 547 g/mol. The van der Waals surface area contributed by atoms with E-state index in [4.69, 9.17) is 37.8 Å². The number of methoxy groups -OCH3 is 2. The number of halogens is 2. The van der Waals surface area contributed by atoms with E-state index in [1.54, 1.807) is 18.2 Å². The number of hydrogen-bond donors (Lipinski definition) is 3. The lowest BCUT2D eigenvalue weighted by molar-refractivity contribution is -0.137. The van der Waals surface area contributed by atoms with Gasteiger partial charge in [-0.1, -0.05) is 59.6 Å². The van der Waals surface area contributed by atoms with Crippen LogP contribution in [0.3, 0.4) is 0 Å². The summed E-state index contributed by atoms with van der Waals surface area (Å²) < 4.78 is 10.2. The Morgan fingerprint density at radius 1 is 0.892 bits per heavy atom. The van der Waals surface area contributed by atoms with Crippen LogP contribution >= 0.6 is 23.2 Å². The molecule has 3 N–H and O–H groups in total. The van der Waals surface area contributed by atoms with Gasteiger partial charge in [0.2, 0.25) is 5.91 Å². The molecule has 1 aliphatic rings. The molecule has 0 saturated heterocycles. The third kappa shape index (κ3) is 6.71. The van der Waals surface area contributed by atoms with Crippen LogP contribution in [0.25, 0.3) is 0 Å². The van der Waals surface area contributed by atoms with Gasteiger partial charge in [-0.05, 0) is 30.5 Å².